The van der Waals surface area contributed by atoms with Crippen molar-refractivity contribution in [2.24, 2.45) is 0 Å². The summed E-state index contributed by atoms with van der Waals surface area (Å²) < 4.78 is 23.4. The molecule has 0 spiro atoms. The van der Waals surface area contributed by atoms with Gasteiger partial charge in [-0.25, -0.2) is 4.79 Å². The summed E-state index contributed by atoms with van der Waals surface area (Å²) in [6.07, 6.45) is 7.15. The minimum Gasteiger partial charge on any atom is -0.463 e. The van der Waals surface area contributed by atoms with Crippen LogP contribution in [0.2, 0.25) is 0 Å². The van der Waals surface area contributed by atoms with Crippen molar-refractivity contribution >= 4 is 5.97 Å². The summed E-state index contributed by atoms with van der Waals surface area (Å²) in [5.74, 6) is -0.309. The minimum atomic E-state index is -0.309. The number of esters is 1. The number of hydrogen-bond acceptors (Lipinski definition) is 5. The Kier molecular flexibility index (Phi) is 10.4. The number of hydrogen-bond donors (Lipinski definition) is 0. The fourth-order valence-electron chi connectivity index (χ4n) is 3.66. The Balaban J connectivity index is 1.56. The molecule has 0 radical (unpaired) electrons. The van der Waals surface area contributed by atoms with Gasteiger partial charge in [0.05, 0.1) is 38.6 Å². The number of carbonyl (C=O) groups is 1. The Morgan fingerprint density at radius 2 is 1.70 bits per heavy atom. The number of rotatable bonds is 12. The van der Waals surface area contributed by atoms with E-state index in [1.165, 1.54) is 0 Å². The molecule has 1 aliphatic heterocycles. The van der Waals surface area contributed by atoms with E-state index >= 15 is 0 Å². The summed E-state index contributed by atoms with van der Waals surface area (Å²) in [4.78, 5) is 11.8. The molecule has 3 rings (SSSR count). The van der Waals surface area contributed by atoms with Crippen LogP contribution in [0.5, 0.6) is 0 Å². The van der Waals surface area contributed by atoms with Crippen molar-refractivity contribution in [3.05, 3.63) is 95.6 Å². The maximum absolute atomic E-state index is 11.8. The lowest BCUT2D eigenvalue weighted by Crippen LogP contribution is -2.28. The first-order valence-corrected chi connectivity index (χ1v) is 11.6. The van der Waals surface area contributed by atoms with E-state index in [0.717, 1.165) is 24.0 Å². The monoisotopic (exact) mass is 450 g/mol. The van der Waals surface area contributed by atoms with Crippen molar-refractivity contribution in [1.82, 2.24) is 0 Å². The van der Waals surface area contributed by atoms with E-state index in [4.69, 9.17) is 18.9 Å². The zero-order chi connectivity index (χ0) is 23.3. The molecule has 0 saturated carbocycles. The Morgan fingerprint density at radius 1 is 1.03 bits per heavy atom. The molecule has 1 fully saturated rings. The van der Waals surface area contributed by atoms with Crippen LogP contribution in [0.25, 0.3) is 0 Å². The summed E-state index contributed by atoms with van der Waals surface area (Å²) in [5.41, 5.74) is 2.81. The predicted molar refractivity (Wildman–Crippen MR) is 129 cm³/mol. The van der Waals surface area contributed by atoms with Crippen molar-refractivity contribution < 1.29 is 23.7 Å². The van der Waals surface area contributed by atoms with Crippen LogP contribution in [0.3, 0.4) is 0 Å². The Labute approximate surface area is 197 Å². The first kappa shape index (κ1) is 24.9. The van der Waals surface area contributed by atoms with Gasteiger partial charge in [-0.15, -0.1) is 0 Å². The van der Waals surface area contributed by atoms with Gasteiger partial charge in [0.1, 0.15) is 6.10 Å². The zero-order valence-corrected chi connectivity index (χ0v) is 19.5. The third kappa shape index (κ3) is 8.61. The van der Waals surface area contributed by atoms with E-state index in [1.807, 2.05) is 60.7 Å². The van der Waals surface area contributed by atoms with E-state index < -0.39 is 0 Å². The first-order chi connectivity index (χ1) is 16.2. The van der Waals surface area contributed by atoms with Gasteiger partial charge in [0, 0.05) is 5.57 Å². The quantitative estimate of drug-likeness (QED) is 0.246. The van der Waals surface area contributed by atoms with Crippen molar-refractivity contribution in [2.45, 2.75) is 58.2 Å². The summed E-state index contributed by atoms with van der Waals surface area (Å²) in [6.45, 7) is 5.53. The summed E-state index contributed by atoms with van der Waals surface area (Å²) in [7, 11) is 0. The minimum absolute atomic E-state index is 0.0479. The molecule has 176 valence electrons. The average Bonchev–Trinajstić information content (AvgIpc) is 3.31. The zero-order valence-electron chi connectivity index (χ0n) is 19.5. The SMILES string of the molecule is CCOC(=O)/C(C)=C/C=C/[C@@H](OCc1ccccc1)[C@H]1CC[C@H](COCc2ccccc2)O1. The third-order valence-corrected chi connectivity index (χ3v) is 5.45. The highest BCUT2D eigenvalue weighted by atomic mass is 16.6. The van der Waals surface area contributed by atoms with Crippen LogP contribution in [0.15, 0.2) is 84.5 Å². The number of ether oxygens (including phenoxy) is 4. The molecule has 1 saturated heterocycles. The summed E-state index contributed by atoms with van der Waals surface area (Å²) in [5, 5.41) is 0. The molecule has 0 aliphatic carbocycles. The molecule has 5 heteroatoms. The molecule has 0 bridgehead atoms. The van der Waals surface area contributed by atoms with Gasteiger partial charge < -0.3 is 18.9 Å². The largest absolute Gasteiger partial charge is 0.463 e. The second-order valence-corrected chi connectivity index (χ2v) is 8.09. The van der Waals surface area contributed by atoms with E-state index in [0.29, 0.717) is 32.0 Å². The Morgan fingerprint density at radius 3 is 2.36 bits per heavy atom. The smallest absolute Gasteiger partial charge is 0.333 e. The number of carbonyl (C=O) groups excluding carboxylic acids is 1. The van der Waals surface area contributed by atoms with Crippen LogP contribution in [0.1, 0.15) is 37.8 Å². The van der Waals surface area contributed by atoms with E-state index in [-0.39, 0.29) is 24.3 Å². The standard InChI is InChI=1S/C28H34O5/c1-3-31-28(29)22(2)11-10-16-26(32-20-24-14-8-5-9-15-24)27-18-17-25(33-27)21-30-19-23-12-6-4-7-13-23/h4-16,25-27H,3,17-21H2,1-2H3/b16-10+,22-11+/t25-,26-,27-/m1/s1. The third-order valence-electron chi connectivity index (χ3n) is 5.45. The van der Waals surface area contributed by atoms with Gasteiger partial charge in [0.25, 0.3) is 0 Å². The lowest BCUT2D eigenvalue weighted by atomic mass is 10.1. The van der Waals surface area contributed by atoms with E-state index in [1.54, 1.807) is 19.9 Å². The summed E-state index contributed by atoms with van der Waals surface area (Å²) in [6, 6.07) is 20.2. The molecule has 1 heterocycles. The Bertz CT molecular complexity index is 891. The van der Waals surface area contributed by atoms with Crippen LogP contribution in [0.4, 0.5) is 0 Å². The molecule has 0 amide bonds. The average molecular weight is 451 g/mol. The van der Waals surface area contributed by atoms with Crippen molar-refractivity contribution in [2.75, 3.05) is 13.2 Å². The molecule has 0 unspecified atom stereocenters. The van der Waals surface area contributed by atoms with Gasteiger partial charge in [0.2, 0.25) is 0 Å². The van der Waals surface area contributed by atoms with Gasteiger partial charge in [0.15, 0.2) is 0 Å². The van der Waals surface area contributed by atoms with Crippen molar-refractivity contribution in [3.8, 4) is 0 Å². The van der Waals surface area contributed by atoms with Crippen LogP contribution in [-0.4, -0.2) is 37.5 Å². The highest BCUT2D eigenvalue weighted by Gasteiger charge is 2.31. The molecule has 5 nitrogen and oxygen atoms in total. The van der Waals surface area contributed by atoms with Crippen LogP contribution in [-0.2, 0) is 37.0 Å². The number of allylic oxidation sites excluding steroid dienone is 2. The van der Waals surface area contributed by atoms with Crippen LogP contribution >= 0.6 is 0 Å². The van der Waals surface area contributed by atoms with Gasteiger partial charge in [-0.2, -0.15) is 0 Å². The normalized spacial score (nSPS) is 19.6. The molecule has 2 aromatic rings. The number of benzene rings is 2. The molecule has 2 aromatic carbocycles. The Hall–Kier alpha value is -2.73. The van der Waals surface area contributed by atoms with E-state index in [9.17, 15) is 4.79 Å². The van der Waals surface area contributed by atoms with Gasteiger partial charge >= 0.3 is 5.97 Å². The molecule has 33 heavy (non-hydrogen) atoms. The lowest BCUT2D eigenvalue weighted by Gasteiger charge is -2.22. The highest BCUT2D eigenvalue weighted by molar-refractivity contribution is 5.88. The second-order valence-electron chi connectivity index (χ2n) is 8.09. The topological polar surface area (TPSA) is 54.0 Å². The maximum atomic E-state index is 11.8. The molecular formula is C28H34O5. The van der Waals surface area contributed by atoms with Gasteiger partial charge in [-0.3, -0.25) is 0 Å². The van der Waals surface area contributed by atoms with Gasteiger partial charge in [-0.05, 0) is 37.8 Å². The molecule has 1 aliphatic rings. The molecule has 3 atom stereocenters. The van der Waals surface area contributed by atoms with Crippen molar-refractivity contribution in [3.63, 3.8) is 0 Å². The summed E-state index contributed by atoms with van der Waals surface area (Å²) >= 11 is 0. The van der Waals surface area contributed by atoms with Crippen molar-refractivity contribution in [1.29, 1.82) is 0 Å². The first-order valence-electron chi connectivity index (χ1n) is 11.6. The molecule has 0 aromatic heterocycles. The van der Waals surface area contributed by atoms with Crippen LogP contribution in [0, 0.1) is 0 Å². The fourth-order valence-corrected chi connectivity index (χ4v) is 3.66. The molecule has 0 N–H and O–H groups in total. The fraction of sp³-hybridized carbons (Fsp3) is 0.393. The lowest BCUT2D eigenvalue weighted by molar-refractivity contribution is -0.138. The predicted octanol–water partition coefficient (Wildman–Crippen LogP) is 5.40. The van der Waals surface area contributed by atoms with E-state index in [2.05, 4.69) is 12.1 Å². The van der Waals surface area contributed by atoms with Crippen LogP contribution < -0.4 is 0 Å². The van der Waals surface area contributed by atoms with Gasteiger partial charge in [-0.1, -0.05) is 78.9 Å². The second kappa shape index (κ2) is 13.7. The molecular weight excluding hydrogens is 416 g/mol. The highest BCUT2D eigenvalue weighted by Crippen LogP contribution is 2.26. The maximum Gasteiger partial charge on any atom is 0.333 e.